The summed E-state index contributed by atoms with van der Waals surface area (Å²) in [5.74, 6) is -1.01. The third-order valence-corrected chi connectivity index (χ3v) is 1.75. The molecule has 1 N–H and O–H groups in total. The van der Waals surface area contributed by atoms with Crippen LogP contribution in [0.4, 0.5) is 4.79 Å². The molecule has 0 radical (unpaired) electrons. The predicted molar refractivity (Wildman–Crippen MR) is 41.7 cm³/mol. The number of carbonyl (C=O) groups excluding carboxylic acids is 1. The second-order valence-corrected chi connectivity index (χ2v) is 3.06. The van der Waals surface area contributed by atoms with E-state index in [0.717, 1.165) is 0 Å². The van der Waals surface area contributed by atoms with Crippen LogP contribution in [-0.2, 0) is 9.53 Å². The van der Waals surface area contributed by atoms with Crippen LogP contribution in [-0.4, -0.2) is 28.2 Å². The molecule has 0 aromatic heterocycles. The van der Waals surface area contributed by atoms with E-state index >= 15 is 0 Å². The monoisotopic (exact) mass is 178 g/mol. The van der Waals surface area contributed by atoms with E-state index in [0.29, 0.717) is 11.8 Å². The summed E-state index contributed by atoms with van der Waals surface area (Å²) in [6.45, 7) is 3.38. The Morgan fingerprint density at radius 2 is 2.18 bits per heavy atom. The number of carboxylic acids is 1. The molecule has 0 amide bonds. The molecule has 0 fully saturated rings. The minimum Gasteiger partial charge on any atom is -0.480 e. The highest BCUT2D eigenvalue weighted by Crippen LogP contribution is 2.13. The van der Waals surface area contributed by atoms with Crippen LogP contribution in [0, 0.1) is 0 Å². The number of carboxylic acid groups (broad SMARTS) is 1. The number of thioether (sulfide) groups is 1. The van der Waals surface area contributed by atoms with E-state index in [1.54, 1.807) is 6.92 Å². The maximum absolute atomic E-state index is 10.6. The highest BCUT2D eigenvalue weighted by Gasteiger charge is 2.16. The molecule has 0 aromatic carbocycles. The van der Waals surface area contributed by atoms with E-state index < -0.39 is 16.5 Å². The Morgan fingerprint density at radius 3 is 2.55 bits per heavy atom. The summed E-state index contributed by atoms with van der Waals surface area (Å²) in [5.41, 5.74) is 0. The maximum atomic E-state index is 10.6. The van der Waals surface area contributed by atoms with Crippen molar-refractivity contribution < 1.29 is 19.4 Å². The third kappa shape index (κ3) is 4.66. The van der Waals surface area contributed by atoms with Gasteiger partial charge < -0.3 is 9.84 Å². The molecule has 0 heterocycles. The van der Waals surface area contributed by atoms with E-state index in [4.69, 9.17) is 5.11 Å². The van der Waals surface area contributed by atoms with Crippen molar-refractivity contribution in [1.29, 1.82) is 0 Å². The molecule has 0 aliphatic rings. The van der Waals surface area contributed by atoms with E-state index in [-0.39, 0.29) is 6.61 Å². The molecule has 11 heavy (non-hydrogen) atoms. The molecule has 5 heteroatoms. The average Bonchev–Trinajstić information content (AvgIpc) is 1.87. The fourth-order valence-corrected chi connectivity index (χ4v) is 0.922. The molecule has 0 saturated heterocycles. The topological polar surface area (TPSA) is 63.6 Å². The van der Waals surface area contributed by atoms with Crippen LogP contribution in [0.3, 0.4) is 0 Å². The van der Waals surface area contributed by atoms with Crippen molar-refractivity contribution in [3.05, 3.63) is 0 Å². The minimum atomic E-state index is -1.01. The van der Waals surface area contributed by atoms with Crippen LogP contribution in [0.2, 0.25) is 0 Å². The number of rotatable bonds is 3. The summed E-state index contributed by atoms with van der Waals surface area (Å²) >= 11 is 0.672. The van der Waals surface area contributed by atoms with Crippen molar-refractivity contribution in [1.82, 2.24) is 0 Å². The Balaban J connectivity index is 3.66. The zero-order valence-electron chi connectivity index (χ0n) is 6.36. The largest absolute Gasteiger partial charge is 0.480 e. The average molecular weight is 178 g/mol. The Kier molecular flexibility index (Phi) is 4.69. The number of hydrogen-bond donors (Lipinski definition) is 1. The van der Waals surface area contributed by atoms with Gasteiger partial charge >= 0.3 is 11.3 Å². The van der Waals surface area contributed by atoms with Crippen molar-refractivity contribution in [2.24, 2.45) is 0 Å². The molecule has 0 aliphatic heterocycles. The van der Waals surface area contributed by atoms with Crippen LogP contribution < -0.4 is 0 Å². The fourth-order valence-electron chi connectivity index (χ4n) is 0.347. The molecule has 0 aromatic rings. The summed E-state index contributed by atoms with van der Waals surface area (Å²) in [4.78, 5) is 20.8. The quantitative estimate of drug-likeness (QED) is 0.661. The Morgan fingerprint density at radius 1 is 1.64 bits per heavy atom. The van der Waals surface area contributed by atoms with Gasteiger partial charge in [-0.25, -0.2) is 4.79 Å². The zero-order valence-corrected chi connectivity index (χ0v) is 7.18. The molecule has 4 nitrogen and oxygen atoms in total. The number of carbonyl (C=O) groups is 2. The van der Waals surface area contributed by atoms with E-state index in [1.165, 1.54) is 6.92 Å². The van der Waals surface area contributed by atoms with Gasteiger partial charge in [-0.05, 0) is 25.6 Å². The lowest BCUT2D eigenvalue weighted by Crippen LogP contribution is -2.14. The van der Waals surface area contributed by atoms with Gasteiger partial charge in [-0.2, -0.15) is 0 Å². The van der Waals surface area contributed by atoms with E-state index in [9.17, 15) is 9.59 Å². The second kappa shape index (κ2) is 5.01. The standard InChI is InChI=1S/C6H10O4S/c1-3-10-6(9)11-4(2)5(7)8/h4H,3H2,1-2H3,(H,7,8). The Hall–Kier alpha value is -0.710. The molecule has 0 bridgehead atoms. The molecule has 0 saturated carbocycles. The van der Waals surface area contributed by atoms with Gasteiger partial charge in [0, 0.05) is 0 Å². The van der Waals surface area contributed by atoms with Crippen LogP contribution >= 0.6 is 11.8 Å². The van der Waals surface area contributed by atoms with Crippen molar-refractivity contribution >= 4 is 23.0 Å². The molecule has 1 atom stereocenters. The smallest absolute Gasteiger partial charge is 0.368 e. The normalized spacial score (nSPS) is 12.2. The lowest BCUT2D eigenvalue weighted by molar-refractivity contribution is -0.136. The first-order valence-corrected chi connectivity index (χ1v) is 4.02. The first-order chi connectivity index (χ1) is 5.07. The first-order valence-electron chi connectivity index (χ1n) is 3.14. The lowest BCUT2D eigenvalue weighted by atomic mass is 10.5. The molecular formula is C6H10O4S. The zero-order chi connectivity index (χ0) is 8.85. The molecular weight excluding hydrogens is 168 g/mol. The lowest BCUT2D eigenvalue weighted by Gasteiger charge is -2.03. The molecule has 0 rings (SSSR count). The summed E-state index contributed by atoms with van der Waals surface area (Å²) in [7, 11) is 0. The van der Waals surface area contributed by atoms with Crippen LogP contribution in [0.25, 0.3) is 0 Å². The second-order valence-electron chi connectivity index (χ2n) is 1.78. The van der Waals surface area contributed by atoms with Gasteiger partial charge in [0.05, 0.1) is 6.61 Å². The number of hydrogen-bond acceptors (Lipinski definition) is 4. The highest BCUT2D eigenvalue weighted by molar-refractivity contribution is 8.14. The first kappa shape index (κ1) is 10.3. The van der Waals surface area contributed by atoms with Crippen LogP contribution in [0.15, 0.2) is 0 Å². The van der Waals surface area contributed by atoms with Gasteiger partial charge in [0.25, 0.3) is 0 Å². The van der Waals surface area contributed by atoms with Gasteiger partial charge in [0.2, 0.25) is 0 Å². The fraction of sp³-hybridized carbons (Fsp3) is 0.667. The van der Waals surface area contributed by atoms with Gasteiger partial charge in [-0.15, -0.1) is 0 Å². The molecule has 1 unspecified atom stereocenters. The Labute approximate surface area is 68.9 Å². The maximum Gasteiger partial charge on any atom is 0.368 e. The van der Waals surface area contributed by atoms with Gasteiger partial charge in [0.1, 0.15) is 5.25 Å². The van der Waals surface area contributed by atoms with Gasteiger partial charge in [0.15, 0.2) is 0 Å². The number of ether oxygens (including phenoxy) is 1. The SMILES string of the molecule is CCOC(=O)SC(C)C(=O)O. The number of aliphatic carboxylic acids is 1. The van der Waals surface area contributed by atoms with Gasteiger partial charge in [-0.1, -0.05) is 0 Å². The van der Waals surface area contributed by atoms with Crippen molar-refractivity contribution in [2.75, 3.05) is 6.61 Å². The van der Waals surface area contributed by atoms with Crippen LogP contribution in [0.5, 0.6) is 0 Å². The van der Waals surface area contributed by atoms with Crippen molar-refractivity contribution in [2.45, 2.75) is 19.1 Å². The summed E-state index contributed by atoms with van der Waals surface area (Å²) in [5, 5.41) is 7.09. The molecule has 0 spiro atoms. The van der Waals surface area contributed by atoms with Gasteiger partial charge in [-0.3, -0.25) is 4.79 Å². The summed E-state index contributed by atoms with van der Waals surface area (Å²) in [6.07, 6.45) is 0. The predicted octanol–water partition coefficient (Wildman–Crippen LogP) is 1.35. The minimum absolute atomic E-state index is 0.276. The van der Waals surface area contributed by atoms with E-state index in [1.807, 2.05) is 0 Å². The van der Waals surface area contributed by atoms with Crippen molar-refractivity contribution in [3.8, 4) is 0 Å². The molecule has 64 valence electrons. The summed E-state index contributed by atoms with van der Waals surface area (Å²) < 4.78 is 4.52. The highest BCUT2D eigenvalue weighted by atomic mass is 32.2. The Bertz CT molecular complexity index is 157. The molecule has 0 aliphatic carbocycles. The van der Waals surface area contributed by atoms with Crippen molar-refractivity contribution in [3.63, 3.8) is 0 Å². The van der Waals surface area contributed by atoms with Crippen LogP contribution in [0.1, 0.15) is 13.8 Å². The summed E-state index contributed by atoms with van der Waals surface area (Å²) in [6, 6.07) is 0. The third-order valence-electron chi connectivity index (χ3n) is 0.883. The van der Waals surface area contributed by atoms with E-state index in [2.05, 4.69) is 4.74 Å².